The number of nitrogens with zero attached hydrogens (tertiary/aromatic N) is 2. The Morgan fingerprint density at radius 1 is 1.04 bits per heavy atom. The first kappa shape index (κ1) is 20.3. The third-order valence-electron chi connectivity index (χ3n) is 3.81. The molecule has 0 aromatic heterocycles. The van der Waals surface area contributed by atoms with Crippen LogP contribution in [0.1, 0.15) is 6.42 Å². The van der Waals surface area contributed by atoms with Gasteiger partial charge in [-0.05, 0) is 31.2 Å². The van der Waals surface area contributed by atoms with Crippen molar-refractivity contribution < 1.29 is 16.8 Å². The fraction of sp³-hybridized carbons (Fsp3) is 0.538. The van der Waals surface area contributed by atoms with Crippen molar-refractivity contribution in [3.8, 4) is 0 Å². The summed E-state index contributed by atoms with van der Waals surface area (Å²) in [5.41, 5.74) is 0. The molecule has 7 nitrogen and oxygen atoms in total. The van der Waals surface area contributed by atoms with Crippen LogP contribution in [0.2, 0.25) is 0 Å². The number of rotatable bonds is 5. The van der Waals surface area contributed by atoms with E-state index < -0.39 is 20.0 Å². The molecule has 10 heteroatoms. The van der Waals surface area contributed by atoms with Crippen LogP contribution in [0, 0.1) is 0 Å². The van der Waals surface area contributed by atoms with Gasteiger partial charge in [0.25, 0.3) is 0 Å². The molecule has 1 unspecified atom stereocenters. The molecule has 1 atom stereocenters. The van der Waals surface area contributed by atoms with Gasteiger partial charge in [-0.2, -0.15) is 4.31 Å². The molecule has 23 heavy (non-hydrogen) atoms. The zero-order chi connectivity index (χ0) is 16.5. The molecule has 1 aromatic rings. The predicted octanol–water partition coefficient (Wildman–Crippen LogP) is 0.341. The van der Waals surface area contributed by atoms with Crippen molar-refractivity contribution in [1.82, 2.24) is 13.9 Å². The van der Waals surface area contributed by atoms with Gasteiger partial charge in [0.2, 0.25) is 20.0 Å². The molecule has 2 rings (SSSR count). The van der Waals surface area contributed by atoms with Gasteiger partial charge >= 0.3 is 0 Å². The Morgan fingerprint density at radius 3 is 2.09 bits per heavy atom. The van der Waals surface area contributed by atoms with Crippen molar-refractivity contribution in [1.29, 1.82) is 0 Å². The Morgan fingerprint density at radius 2 is 1.61 bits per heavy atom. The number of hydrogen-bond donors (Lipinski definition) is 1. The van der Waals surface area contributed by atoms with Crippen molar-refractivity contribution in [2.75, 3.05) is 34.2 Å². The SMILES string of the molecule is CN(C)S(=O)(=O)c1cccc(S(=O)(=O)N(C)C2CCNC2)c1.Cl. The van der Waals surface area contributed by atoms with E-state index in [0.717, 1.165) is 17.3 Å². The van der Waals surface area contributed by atoms with Crippen molar-refractivity contribution in [2.24, 2.45) is 0 Å². The second-order valence-corrected chi connectivity index (χ2v) is 9.58. The minimum atomic E-state index is -3.72. The lowest BCUT2D eigenvalue weighted by molar-refractivity contribution is 0.387. The molecule has 1 saturated heterocycles. The minimum Gasteiger partial charge on any atom is -0.315 e. The number of hydrogen-bond acceptors (Lipinski definition) is 5. The fourth-order valence-electron chi connectivity index (χ4n) is 2.32. The van der Waals surface area contributed by atoms with E-state index in [1.165, 1.54) is 49.7 Å². The highest BCUT2D eigenvalue weighted by atomic mass is 35.5. The summed E-state index contributed by atoms with van der Waals surface area (Å²) in [5.74, 6) is 0. The molecule has 1 fully saturated rings. The minimum absolute atomic E-state index is 0. The van der Waals surface area contributed by atoms with E-state index in [0.29, 0.717) is 6.54 Å². The van der Waals surface area contributed by atoms with Crippen molar-refractivity contribution >= 4 is 32.5 Å². The van der Waals surface area contributed by atoms with Gasteiger partial charge in [0.05, 0.1) is 9.79 Å². The van der Waals surface area contributed by atoms with Gasteiger partial charge in [0.15, 0.2) is 0 Å². The van der Waals surface area contributed by atoms with Gasteiger partial charge in [-0.25, -0.2) is 21.1 Å². The maximum Gasteiger partial charge on any atom is 0.243 e. The molecule has 0 aliphatic carbocycles. The molecule has 1 N–H and O–H groups in total. The summed E-state index contributed by atoms with van der Waals surface area (Å²) in [5, 5.41) is 3.12. The summed E-state index contributed by atoms with van der Waals surface area (Å²) in [6.07, 6.45) is 0.741. The van der Waals surface area contributed by atoms with Crippen LogP contribution in [-0.2, 0) is 20.0 Å². The molecule has 0 saturated carbocycles. The highest BCUT2D eigenvalue weighted by molar-refractivity contribution is 7.90. The lowest BCUT2D eigenvalue weighted by Crippen LogP contribution is -2.38. The lowest BCUT2D eigenvalue weighted by Gasteiger charge is -2.23. The van der Waals surface area contributed by atoms with Crippen LogP contribution in [0.25, 0.3) is 0 Å². The van der Waals surface area contributed by atoms with E-state index in [2.05, 4.69) is 5.32 Å². The molecule has 1 aromatic carbocycles. The Bertz CT molecular complexity index is 744. The number of benzene rings is 1. The summed E-state index contributed by atoms with van der Waals surface area (Å²) in [4.78, 5) is -0.0404. The summed E-state index contributed by atoms with van der Waals surface area (Å²) in [7, 11) is -3.04. The third kappa shape index (κ3) is 4.04. The molecule has 132 valence electrons. The van der Waals surface area contributed by atoms with Crippen molar-refractivity contribution in [2.45, 2.75) is 22.3 Å². The first-order valence-electron chi connectivity index (χ1n) is 6.88. The van der Waals surface area contributed by atoms with Crippen LogP contribution in [-0.4, -0.2) is 65.7 Å². The maximum absolute atomic E-state index is 12.7. The largest absolute Gasteiger partial charge is 0.315 e. The Labute approximate surface area is 144 Å². The van der Waals surface area contributed by atoms with E-state index in [9.17, 15) is 16.8 Å². The van der Waals surface area contributed by atoms with Gasteiger partial charge in [-0.15, -0.1) is 12.4 Å². The van der Waals surface area contributed by atoms with E-state index in [1.807, 2.05) is 0 Å². The van der Waals surface area contributed by atoms with Gasteiger partial charge in [-0.3, -0.25) is 0 Å². The second kappa shape index (κ2) is 7.45. The van der Waals surface area contributed by atoms with E-state index in [4.69, 9.17) is 0 Å². The summed E-state index contributed by atoms with van der Waals surface area (Å²) in [6, 6.07) is 5.36. The quantitative estimate of drug-likeness (QED) is 0.792. The summed E-state index contributed by atoms with van der Waals surface area (Å²) in [6.45, 7) is 1.38. The van der Waals surface area contributed by atoms with Gasteiger partial charge in [0, 0.05) is 33.7 Å². The first-order valence-corrected chi connectivity index (χ1v) is 9.77. The van der Waals surface area contributed by atoms with Crippen LogP contribution in [0.4, 0.5) is 0 Å². The third-order valence-corrected chi connectivity index (χ3v) is 7.53. The van der Waals surface area contributed by atoms with Crippen molar-refractivity contribution in [3.63, 3.8) is 0 Å². The Hall–Kier alpha value is -0.710. The number of likely N-dealkylation sites (N-methyl/N-ethyl adjacent to an activating group) is 1. The molecule has 0 amide bonds. The number of halogens is 1. The van der Waals surface area contributed by atoms with Crippen LogP contribution in [0.5, 0.6) is 0 Å². The molecule has 0 spiro atoms. The zero-order valence-electron chi connectivity index (χ0n) is 13.3. The van der Waals surface area contributed by atoms with Gasteiger partial charge in [-0.1, -0.05) is 6.07 Å². The average Bonchev–Trinajstić information content (AvgIpc) is 3.00. The van der Waals surface area contributed by atoms with E-state index >= 15 is 0 Å². The van der Waals surface area contributed by atoms with Crippen LogP contribution in [0.15, 0.2) is 34.1 Å². The predicted molar refractivity (Wildman–Crippen MR) is 90.8 cm³/mol. The average molecular weight is 384 g/mol. The first-order chi connectivity index (χ1) is 10.2. The topological polar surface area (TPSA) is 86.8 Å². The Balaban J connectivity index is 0.00000264. The van der Waals surface area contributed by atoms with Gasteiger partial charge < -0.3 is 5.32 Å². The molecule has 1 aliphatic heterocycles. The van der Waals surface area contributed by atoms with Gasteiger partial charge in [0.1, 0.15) is 0 Å². The number of sulfonamides is 2. The van der Waals surface area contributed by atoms with Crippen LogP contribution >= 0.6 is 12.4 Å². The fourth-order valence-corrected chi connectivity index (χ4v) is 4.77. The monoisotopic (exact) mass is 383 g/mol. The van der Waals surface area contributed by atoms with Crippen molar-refractivity contribution in [3.05, 3.63) is 24.3 Å². The van der Waals surface area contributed by atoms with Crippen LogP contribution < -0.4 is 5.32 Å². The summed E-state index contributed by atoms with van der Waals surface area (Å²) < 4.78 is 52.0. The van der Waals surface area contributed by atoms with Crippen LogP contribution in [0.3, 0.4) is 0 Å². The normalized spacial score (nSPS) is 19.1. The Kier molecular flexibility index (Phi) is 6.59. The molecule has 1 aliphatic rings. The lowest BCUT2D eigenvalue weighted by atomic mass is 10.3. The van der Waals surface area contributed by atoms with E-state index in [-0.39, 0.29) is 28.2 Å². The zero-order valence-corrected chi connectivity index (χ0v) is 15.7. The standard InChI is InChI=1S/C13H21N3O4S2.ClH/c1-15(2)21(17,18)12-5-4-6-13(9-12)22(19,20)16(3)11-7-8-14-10-11;/h4-6,9,11,14H,7-8,10H2,1-3H3;1H. The molecular formula is C13H22ClN3O4S2. The molecule has 1 heterocycles. The smallest absolute Gasteiger partial charge is 0.243 e. The maximum atomic E-state index is 12.7. The molecule has 0 radical (unpaired) electrons. The molecule has 0 bridgehead atoms. The highest BCUT2D eigenvalue weighted by Crippen LogP contribution is 2.23. The number of nitrogens with one attached hydrogen (secondary N) is 1. The summed E-state index contributed by atoms with van der Waals surface area (Å²) >= 11 is 0. The highest BCUT2D eigenvalue weighted by Gasteiger charge is 2.31. The second-order valence-electron chi connectivity index (χ2n) is 5.43. The molecular weight excluding hydrogens is 362 g/mol. The van der Waals surface area contributed by atoms with E-state index in [1.54, 1.807) is 0 Å².